The Bertz CT molecular complexity index is 619. The van der Waals surface area contributed by atoms with Crippen LogP contribution in [0.25, 0.3) is 0 Å². The van der Waals surface area contributed by atoms with Crippen molar-refractivity contribution in [1.29, 1.82) is 0 Å². The predicted molar refractivity (Wildman–Crippen MR) is 82.1 cm³/mol. The molecule has 2 aromatic rings. The fourth-order valence-corrected chi connectivity index (χ4v) is 1.83. The number of anilines is 1. The highest BCUT2D eigenvalue weighted by Crippen LogP contribution is 2.09. The third-order valence-corrected chi connectivity index (χ3v) is 2.86. The van der Waals surface area contributed by atoms with Crippen LogP contribution in [0.3, 0.4) is 0 Å². The SMILES string of the molecule is CCc1ccc(NC(=S)Nn2ccccc2=O)cc1. The summed E-state index contributed by atoms with van der Waals surface area (Å²) in [5, 5.41) is 3.40. The van der Waals surface area contributed by atoms with Crippen molar-refractivity contribution in [3.8, 4) is 0 Å². The molecule has 2 N–H and O–H groups in total. The van der Waals surface area contributed by atoms with Gasteiger partial charge in [0.2, 0.25) is 0 Å². The third kappa shape index (κ3) is 3.66. The monoisotopic (exact) mass is 273 g/mol. The maximum Gasteiger partial charge on any atom is 0.269 e. The first kappa shape index (κ1) is 13.3. The standard InChI is InChI=1S/C14H15N3OS/c1-2-11-6-8-12(9-7-11)15-14(19)16-17-10-4-3-5-13(17)18/h3-10H,2H2,1H3,(H2,15,16,19). The lowest BCUT2D eigenvalue weighted by molar-refractivity contribution is 0.918. The molecule has 0 aliphatic rings. The van der Waals surface area contributed by atoms with Gasteiger partial charge in [0, 0.05) is 18.0 Å². The van der Waals surface area contributed by atoms with E-state index in [0.717, 1.165) is 12.1 Å². The first-order chi connectivity index (χ1) is 9.19. The van der Waals surface area contributed by atoms with Crippen molar-refractivity contribution in [2.24, 2.45) is 0 Å². The molecule has 1 heterocycles. The van der Waals surface area contributed by atoms with E-state index < -0.39 is 0 Å². The largest absolute Gasteiger partial charge is 0.331 e. The lowest BCUT2D eigenvalue weighted by Gasteiger charge is -2.12. The molecule has 0 atom stereocenters. The van der Waals surface area contributed by atoms with Gasteiger partial charge in [0.1, 0.15) is 0 Å². The summed E-state index contributed by atoms with van der Waals surface area (Å²) in [7, 11) is 0. The van der Waals surface area contributed by atoms with Crippen LogP contribution in [0.2, 0.25) is 0 Å². The number of nitrogens with one attached hydrogen (secondary N) is 2. The summed E-state index contributed by atoms with van der Waals surface area (Å²) in [5.74, 6) is 0. The highest BCUT2D eigenvalue weighted by Gasteiger charge is 1.99. The summed E-state index contributed by atoms with van der Waals surface area (Å²) >= 11 is 5.16. The summed E-state index contributed by atoms with van der Waals surface area (Å²) in [6.07, 6.45) is 2.62. The Morgan fingerprint density at radius 1 is 1.21 bits per heavy atom. The lowest BCUT2D eigenvalue weighted by atomic mass is 10.1. The maximum absolute atomic E-state index is 11.5. The van der Waals surface area contributed by atoms with Gasteiger partial charge in [0.05, 0.1) is 0 Å². The van der Waals surface area contributed by atoms with Crippen molar-refractivity contribution in [3.05, 3.63) is 64.6 Å². The molecule has 5 heteroatoms. The van der Waals surface area contributed by atoms with Crippen LogP contribution in [0.1, 0.15) is 12.5 Å². The molecule has 0 fully saturated rings. The lowest BCUT2D eigenvalue weighted by Crippen LogP contribution is -2.34. The Morgan fingerprint density at radius 3 is 2.58 bits per heavy atom. The van der Waals surface area contributed by atoms with E-state index in [9.17, 15) is 4.79 Å². The molecule has 0 saturated carbocycles. The van der Waals surface area contributed by atoms with Gasteiger partial charge in [-0.05, 0) is 42.4 Å². The molecule has 0 spiro atoms. The Balaban J connectivity index is 2.01. The molecule has 19 heavy (non-hydrogen) atoms. The van der Waals surface area contributed by atoms with Gasteiger partial charge in [-0.25, -0.2) is 4.68 Å². The van der Waals surface area contributed by atoms with E-state index >= 15 is 0 Å². The number of aromatic nitrogens is 1. The second-order valence-corrected chi connectivity index (χ2v) is 4.43. The Labute approximate surface area is 117 Å². The Morgan fingerprint density at radius 2 is 1.95 bits per heavy atom. The van der Waals surface area contributed by atoms with E-state index in [2.05, 4.69) is 17.7 Å². The van der Waals surface area contributed by atoms with Crippen LogP contribution < -0.4 is 16.3 Å². The molecule has 0 aliphatic carbocycles. The molecule has 0 aliphatic heterocycles. The van der Waals surface area contributed by atoms with Crippen LogP contribution in [-0.4, -0.2) is 9.79 Å². The fourth-order valence-electron chi connectivity index (χ4n) is 1.61. The van der Waals surface area contributed by atoms with Crippen LogP contribution in [0, 0.1) is 0 Å². The summed E-state index contributed by atoms with van der Waals surface area (Å²) in [6, 6.07) is 12.9. The van der Waals surface area contributed by atoms with Gasteiger partial charge in [0.25, 0.3) is 5.56 Å². The zero-order valence-electron chi connectivity index (χ0n) is 10.6. The number of thiocarbonyl (C=S) groups is 1. The minimum absolute atomic E-state index is 0.159. The van der Waals surface area contributed by atoms with Gasteiger partial charge in [-0.2, -0.15) is 0 Å². The van der Waals surface area contributed by atoms with Crippen LogP contribution in [0.4, 0.5) is 5.69 Å². The zero-order valence-corrected chi connectivity index (χ0v) is 11.4. The minimum atomic E-state index is -0.159. The molecule has 1 aromatic heterocycles. The molecule has 98 valence electrons. The van der Waals surface area contributed by atoms with E-state index in [4.69, 9.17) is 12.2 Å². The Kier molecular flexibility index (Phi) is 4.30. The normalized spacial score (nSPS) is 9.95. The highest BCUT2D eigenvalue weighted by molar-refractivity contribution is 7.80. The molecule has 0 bridgehead atoms. The van der Waals surface area contributed by atoms with Crippen LogP contribution >= 0.6 is 12.2 Å². The van der Waals surface area contributed by atoms with E-state index in [1.807, 2.05) is 24.3 Å². The molecular weight excluding hydrogens is 258 g/mol. The molecular formula is C14H15N3OS. The quantitative estimate of drug-likeness (QED) is 0.843. The summed E-state index contributed by atoms with van der Waals surface area (Å²) < 4.78 is 1.33. The number of pyridine rings is 1. The maximum atomic E-state index is 11.5. The number of nitrogens with zero attached hydrogens (tertiary/aromatic N) is 1. The second-order valence-electron chi connectivity index (χ2n) is 4.03. The molecule has 0 saturated heterocycles. The van der Waals surface area contributed by atoms with Crippen molar-refractivity contribution in [3.63, 3.8) is 0 Å². The highest BCUT2D eigenvalue weighted by atomic mass is 32.1. The van der Waals surface area contributed by atoms with Crippen molar-refractivity contribution in [1.82, 2.24) is 4.68 Å². The van der Waals surface area contributed by atoms with Gasteiger partial charge in [-0.15, -0.1) is 0 Å². The Hall–Kier alpha value is -2.14. The molecule has 0 unspecified atom stereocenters. The van der Waals surface area contributed by atoms with Crippen LogP contribution in [0.15, 0.2) is 53.5 Å². The summed E-state index contributed by atoms with van der Waals surface area (Å²) in [5.41, 5.74) is 4.81. The molecule has 4 nitrogen and oxygen atoms in total. The molecule has 2 rings (SSSR count). The third-order valence-electron chi connectivity index (χ3n) is 2.66. The fraction of sp³-hybridized carbons (Fsp3) is 0.143. The molecule has 0 radical (unpaired) electrons. The van der Waals surface area contributed by atoms with Gasteiger partial charge >= 0.3 is 0 Å². The summed E-state index contributed by atoms with van der Waals surface area (Å²) in [6.45, 7) is 2.11. The summed E-state index contributed by atoms with van der Waals surface area (Å²) in [4.78, 5) is 11.5. The molecule has 0 amide bonds. The zero-order chi connectivity index (χ0) is 13.7. The van der Waals surface area contributed by atoms with E-state index in [-0.39, 0.29) is 5.56 Å². The smallest absolute Gasteiger partial charge is 0.269 e. The molecule has 1 aromatic carbocycles. The number of hydrogen-bond acceptors (Lipinski definition) is 2. The van der Waals surface area contributed by atoms with Gasteiger partial charge in [0.15, 0.2) is 5.11 Å². The van der Waals surface area contributed by atoms with Crippen molar-refractivity contribution >= 4 is 23.0 Å². The number of rotatable bonds is 3. The first-order valence-electron chi connectivity index (χ1n) is 6.03. The minimum Gasteiger partial charge on any atom is -0.331 e. The average Bonchev–Trinajstić information content (AvgIpc) is 2.42. The number of benzene rings is 1. The van der Waals surface area contributed by atoms with Crippen molar-refractivity contribution < 1.29 is 0 Å². The number of hydrogen-bond donors (Lipinski definition) is 2. The van der Waals surface area contributed by atoms with E-state index in [1.165, 1.54) is 16.3 Å². The first-order valence-corrected chi connectivity index (χ1v) is 6.44. The average molecular weight is 273 g/mol. The van der Waals surface area contributed by atoms with Crippen molar-refractivity contribution in [2.75, 3.05) is 10.7 Å². The predicted octanol–water partition coefficient (Wildman–Crippen LogP) is 2.35. The topological polar surface area (TPSA) is 46.1 Å². The second kappa shape index (κ2) is 6.15. The van der Waals surface area contributed by atoms with Gasteiger partial charge < -0.3 is 5.32 Å². The van der Waals surface area contributed by atoms with Crippen LogP contribution in [0.5, 0.6) is 0 Å². The van der Waals surface area contributed by atoms with Crippen LogP contribution in [-0.2, 0) is 6.42 Å². The van der Waals surface area contributed by atoms with Gasteiger partial charge in [-0.3, -0.25) is 10.2 Å². The van der Waals surface area contributed by atoms with E-state index in [1.54, 1.807) is 18.3 Å². The van der Waals surface area contributed by atoms with Crippen molar-refractivity contribution in [2.45, 2.75) is 13.3 Å². The number of aryl methyl sites for hydroxylation is 1. The van der Waals surface area contributed by atoms with Gasteiger partial charge in [-0.1, -0.05) is 25.1 Å². The van der Waals surface area contributed by atoms with E-state index in [0.29, 0.717) is 5.11 Å².